The van der Waals surface area contributed by atoms with Crippen LogP contribution in [0.5, 0.6) is 0 Å². The average molecular weight is 382 g/mol. The number of carbonyl (C=O) groups is 1. The van der Waals surface area contributed by atoms with E-state index in [-0.39, 0.29) is 18.5 Å². The zero-order valence-electron chi connectivity index (χ0n) is 15.7. The number of benzene rings is 1. The molecule has 26 heavy (non-hydrogen) atoms. The van der Waals surface area contributed by atoms with E-state index in [0.29, 0.717) is 25.7 Å². The Labute approximate surface area is 160 Å². The van der Waals surface area contributed by atoms with Gasteiger partial charge < -0.3 is 25.2 Å². The number of amides is 1. The van der Waals surface area contributed by atoms with Crippen molar-refractivity contribution >= 4 is 29.2 Å². The number of aliphatic imine (C=N–C) groups is 1. The summed E-state index contributed by atoms with van der Waals surface area (Å²) in [7, 11) is 3.34. The lowest BCUT2D eigenvalue weighted by atomic mass is 10.2. The molecule has 0 saturated carbocycles. The average Bonchev–Trinajstić information content (AvgIpc) is 2.66. The summed E-state index contributed by atoms with van der Waals surface area (Å²) in [4.78, 5) is 20.7. The fraction of sp³-hybridized carbons (Fsp3) is 0.556. The number of nitrogens with one attached hydrogen (secondary N) is 2. The lowest BCUT2D eigenvalue weighted by Gasteiger charge is -2.36. The summed E-state index contributed by atoms with van der Waals surface area (Å²) in [5.41, 5.74) is 1.14. The molecule has 144 valence electrons. The number of guanidine groups is 1. The first-order valence-electron chi connectivity index (χ1n) is 8.78. The molecular formula is C18H28ClN5O2. The molecule has 0 radical (unpaired) electrons. The number of hydrogen-bond acceptors (Lipinski definition) is 4. The SMILES string of the molecule is CN=C(NCC(=O)N1CCN(c2ccc(Cl)cc2)CC1)NC(C)COC. The Hall–Kier alpha value is -1.99. The number of methoxy groups -OCH3 is 1. The van der Waals surface area contributed by atoms with Crippen molar-refractivity contribution in [2.75, 3.05) is 58.4 Å². The monoisotopic (exact) mass is 381 g/mol. The van der Waals surface area contributed by atoms with Crippen LogP contribution in [-0.4, -0.2) is 76.3 Å². The summed E-state index contributed by atoms with van der Waals surface area (Å²) in [6.07, 6.45) is 0. The summed E-state index contributed by atoms with van der Waals surface area (Å²) in [5, 5.41) is 6.98. The van der Waals surface area contributed by atoms with Crippen LogP contribution < -0.4 is 15.5 Å². The number of hydrogen-bond donors (Lipinski definition) is 2. The van der Waals surface area contributed by atoms with Gasteiger partial charge in [0.1, 0.15) is 0 Å². The van der Waals surface area contributed by atoms with Crippen molar-refractivity contribution in [2.24, 2.45) is 4.99 Å². The maximum absolute atomic E-state index is 12.4. The van der Waals surface area contributed by atoms with Crippen molar-refractivity contribution in [3.63, 3.8) is 0 Å². The zero-order valence-corrected chi connectivity index (χ0v) is 16.4. The van der Waals surface area contributed by atoms with E-state index in [4.69, 9.17) is 16.3 Å². The molecule has 2 N–H and O–H groups in total. The Morgan fingerprint density at radius 3 is 2.50 bits per heavy atom. The van der Waals surface area contributed by atoms with Crippen LogP contribution in [0.4, 0.5) is 5.69 Å². The van der Waals surface area contributed by atoms with Crippen molar-refractivity contribution in [2.45, 2.75) is 13.0 Å². The van der Waals surface area contributed by atoms with Gasteiger partial charge in [-0.2, -0.15) is 0 Å². The number of halogens is 1. The molecular weight excluding hydrogens is 354 g/mol. The summed E-state index contributed by atoms with van der Waals surface area (Å²) in [6, 6.07) is 7.92. The molecule has 1 fully saturated rings. The maximum atomic E-state index is 12.4. The third kappa shape index (κ3) is 6.07. The first-order chi connectivity index (χ1) is 12.5. The Balaban J connectivity index is 1.76. The predicted molar refractivity (Wildman–Crippen MR) is 106 cm³/mol. The van der Waals surface area contributed by atoms with E-state index in [1.54, 1.807) is 14.2 Å². The maximum Gasteiger partial charge on any atom is 0.242 e. The van der Waals surface area contributed by atoms with Gasteiger partial charge in [0.25, 0.3) is 0 Å². The van der Waals surface area contributed by atoms with Gasteiger partial charge in [0.05, 0.1) is 13.2 Å². The van der Waals surface area contributed by atoms with Crippen LogP contribution in [0.1, 0.15) is 6.92 Å². The van der Waals surface area contributed by atoms with Gasteiger partial charge in [-0.15, -0.1) is 0 Å². The van der Waals surface area contributed by atoms with E-state index < -0.39 is 0 Å². The zero-order chi connectivity index (χ0) is 18.9. The van der Waals surface area contributed by atoms with E-state index in [2.05, 4.69) is 20.5 Å². The highest BCUT2D eigenvalue weighted by atomic mass is 35.5. The van der Waals surface area contributed by atoms with E-state index in [1.807, 2.05) is 36.1 Å². The standard InChI is InChI=1S/C18H28ClN5O2/c1-14(13-26-3)22-18(20-2)21-12-17(25)24-10-8-23(9-11-24)16-6-4-15(19)5-7-16/h4-7,14H,8-13H2,1-3H3,(H2,20,21,22). The van der Waals surface area contributed by atoms with Crippen LogP contribution in [-0.2, 0) is 9.53 Å². The minimum absolute atomic E-state index is 0.0723. The molecule has 1 heterocycles. The van der Waals surface area contributed by atoms with E-state index in [0.717, 1.165) is 23.8 Å². The van der Waals surface area contributed by atoms with Gasteiger partial charge in [0, 0.05) is 57.1 Å². The molecule has 0 aliphatic carbocycles. The number of nitrogens with zero attached hydrogens (tertiary/aromatic N) is 3. The minimum Gasteiger partial charge on any atom is -0.383 e. The molecule has 7 nitrogen and oxygen atoms in total. The van der Waals surface area contributed by atoms with Crippen molar-refractivity contribution in [3.05, 3.63) is 29.3 Å². The fourth-order valence-corrected chi connectivity index (χ4v) is 2.98. The normalized spacial score (nSPS) is 16.4. The molecule has 1 saturated heterocycles. The molecule has 1 aliphatic heterocycles. The van der Waals surface area contributed by atoms with Crippen LogP contribution in [0.25, 0.3) is 0 Å². The van der Waals surface area contributed by atoms with Gasteiger partial charge in [-0.3, -0.25) is 9.79 Å². The topological polar surface area (TPSA) is 69.2 Å². The molecule has 0 spiro atoms. The third-order valence-electron chi connectivity index (χ3n) is 4.25. The molecule has 1 aliphatic rings. The number of rotatable bonds is 6. The van der Waals surface area contributed by atoms with Gasteiger partial charge in [0.2, 0.25) is 5.91 Å². The molecule has 0 aromatic heterocycles. The van der Waals surface area contributed by atoms with Crippen LogP contribution in [0, 0.1) is 0 Å². The smallest absolute Gasteiger partial charge is 0.242 e. The second kappa shape index (κ2) is 10.2. The summed E-state index contributed by atoms with van der Waals surface area (Å²) >= 11 is 5.94. The molecule has 1 amide bonds. The Morgan fingerprint density at radius 2 is 1.92 bits per heavy atom. The molecule has 0 bridgehead atoms. The van der Waals surface area contributed by atoms with Crippen molar-refractivity contribution in [1.82, 2.24) is 15.5 Å². The number of piperazine rings is 1. The highest BCUT2D eigenvalue weighted by molar-refractivity contribution is 6.30. The van der Waals surface area contributed by atoms with Gasteiger partial charge >= 0.3 is 0 Å². The lowest BCUT2D eigenvalue weighted by molar-refractivity contribution is -0.130. The fourth-order valence-electron chi connectivity index (χ4n) is 2.86. The second-order valence-corrected chi connectivity index (χ2v) is 6.71. The molecule has 1 unspecified atom stereocenters. The first kappa shape index (κ1) is 20.3. The van der Waals surface area contributed by atoms with Gasteiger partial charge in [-0.25, -0.2) is 0 Å². The quantitative estimate of drug-likeness (QED) is 0.572. The number of anilines is 1. The largest absolute Gasteiger partial charge is 0.383 e. The highest BCUT2D eigenvalue weighted by Gasteiger charge is 2.21. The van der Waals surface area contributed by atoms with Gasteiger partial charge in [-0.05, 0) is 31.2 Å². The lowest BCUT2D eigenvalue weighted by Crippen LogP contribution is -2.52. The third-order valence-corrected chi connectivity index (χ3v) is 4.51. The molecule has 1 aromatic carbocycles. The van der Waals surface area contributed by atoms with E-state index >= 15 is 0 Å². The highest BCUT2D eigenvalue weighted by Crippen LogP contribution is 2.19. The van der Waals surface area contributed by atoms with Crippen LogP contribution >= 0.6 is 11.6 Å². The number of ether oxygens (including phenoxy) is 1. The van der Waals surface area contributed by atoms with Crippen molar-refractivity contribution < 1.29 is 9.53 Å². The van der Waals surface area contributed by atoms with E-state index in [9.17, 15) is 4.79 Å². The van der Waals surface area contributed by atoms with Crippen molar-refractivity contribution in [1.29, 1.82) is 0 Å². The van der Waals surface area contributed by atoms with Crippen LogP contribution in [0.2, 0.25) is 5.02 Å². The predicted octanol–water partition coefficient (Wildman–Crippen LogP) is 1.19. The Bertz CT molecular complexity index is 600. The Morgan fingerprint density at radius 1 is 1.27 bits per heavy atom. The minimum atomic E-state index is 0.0723. The Kier molecular flexibility index (Phi) is 8.00. The summed E-state index contributed by atoms with van der Waals surface area (Å²) in [5.74, 6) is 0.672. The second-order valence-electron chi connectivity index (χ2n) is 6.27. The molecule has 1 atom stereocenters. The summed E-state index contributed by atoms with van der Waals surface area (Å²) in [6.45, 7) is 5.82. The van der Waals surface area contributed by atoms with Gasteiger partial charge in [0.15, 0.2) is 5.96 Å². The van der Waals surface area contributed by atoms with Gasteiger partial charge in [-0.1, -0.05) is 11.6 Å². The van der Waals surface area contributed by atoms with Crippen molar-refractivity contribution in [3.8, 4) is 0 Å². The van der Waals surface area contributed by atoms with Crippen LogP contribution in [0.3, 0.4) is 0 Å². The summed E-state index contributed by atoms with van der Waals surface area (Å²) < 4.78 is 5.09. The number of carbonyl (C=O) groups excluding carboxylic acids is 1. The van der Waals surface area contributed by atoms with Crippen LogP contribution in [0.15, 0.2) is 29.3 Å². The molecule has 2 rings (SSSR count). The first-order valence-corrected chi connectivity index (χ1v) is 9.15. The molecule has 8 heteroatoms. The molecule has 1 aromatic rings. The van der Waals surface area contributed by atoms with E-state index in [1.165, 1.54) is 0 Å².